The van der Waals surface area contributed by atoms with Crippen LogP contribution < -0.4 is 16.4 Å². The number of carbonyl (C=O) groups excluding carboxylic acids is 1. The third-order valence-electron chi connectivity index (χ3n) is 4.05. The number of nitrogen functional groups attached to an aromatic ring is 1. The molecule has 1 aromatic carbocycles. The molecule has 0 aromatic heterocycles. The lowest BCUT2D eigenvalue weighted by molar-refractivity contribution is 0.100. The Morgan fingerprint density at radius 2 is 2.00 bits per heavy atom. The van der Waals surface area contributed by atoms with E-state index in [9.17, 15) is 14.3 Å². The quantitative estimate of drug-likeness (QED) is 0.720. The molecule has 5 nitrogen and oxygen atoms in total. The number of benzene rings is 1. The molecule has 1 aliphatic carbocycles. The van der Waals surface area contributed by atoms with E-state index in [-0.39, 0.29) is 23.9 Å². The summed E-state index contributed by atoms with van der Waals surface area (Å²) in [5, 5.41) is 9.27. The molecule has 0 radical (unpaired) electrons. The third-order valence-corrected chi connectivity index (χ3v) is 4.05. The van der Waals surface area contributed by atoms with Gasteiger partial charge in [0.2, 0.25) is 0 Å². The lowest BCUT2D eigenvalue weighted by Gasteiger charge is -2.36. The number of halogens is 1. The SMILES string of the molecule is NC(=O)c1cc(N(CCO)C2CCCCC2)c(F)cc1N. The molecule has 0 unspecified atom stereocenters. The molecule has 0 heterocycles. The number of nitrogens with two attached hydrogens (primary N) is 2. The summed E-state index contributed by atoms with van der Waals surface area (Å²) in [5.74, 6) is -1.17. The molecule has 116 valence electrons. The Kier molecular flexibility index (Phi) is 5.01. The predicted molar refractivity (Wildman–Crippen MR) is 80.6 cm³/mol. The molecule has 1 aliphatic rings. The minimum atomic E-state index is -0.679. The molecular weight excluding hydrogens is 273 g/mol. The zero-order valence-corrected chi connectivity index (χ0v) is 12.0. The fraction of sp³-hybridized carbons (Fsp3) is 0.533. The number of carbonyl (C=O) groups is 1. The predicted octanol–water partition coefficient (Wildman–Crippen LogP) is 1.64. The molecule has 1 aromatic rings. The van der Waals surface area contributed by atoms with Gasteiger partial charge in [-0.05, 0) is 25.0 Å². The summed E-state index contributed by atoms with van der Waals surface area (Å²) in [6.07, 6.45) is 5.27. The number of hydrogen-bond donors (Lipinski definition) is 3. The molecule has 0 saturated heterocycles. The van der Waals surface area contributed by atoms with Crippen molar-refractivity contribution in [3.05, 3.63) is 23.5 Å². The van der Waals surface area contributed by atoms with Gasteiger partial charge in [0.15, 0.2) is 0 Å². The molecule has 1 amide bonds. The third kappa shape index (κ3) is 3.44. The van der Waals surface area contributed by atoms with Gasteiger partial charge in [-0.25, -0.2) is 4.39 Å². The molecule has 5 N–H and O–H groups in total. The zero-order valence-electron chi connectivity index (χ0n) is 12.0. The van der Waals surface area contributed by atoms with Gasteiger partial charge in [0.25, 0.3) is 5.91 Å². The van der Waals surface area contributed by atoms with Crippen molar-refractivity contribution in [2.24, 2.45) is 5.73 Å². The molecule has 6 heteroatoms. The highest BCUT2D eigenvalue weighted by molar-refractivity contribution is 5.99. The average Bonchev–Trinajstić information content (AvgIpc) is 2.46. The van der Waals surface area contributed by atoms with Gasteiger partial charge in [0.05, 0.1) is 17.9 Å². The van der Waals surface area contributed by atoms with Crippen LogP contribution in [0.1, 0.15) is 42.5 Å². The average molecular weight is 295 g/mol. The molecule has 0 atom stereocenters. The van der Waals surface area contributed by atoms with Crippen molar-refractivity contribution in [3.8, 4) is 0 Å². The second kappa shape index (κ2) is 6.76. The maximum absolute atomic E-state index is 14.3. The molecule has 21 heavy (non-hydrogen) atoms. The van der Waals surface area contributed by atoms with Gasteiger partial charge < -0.3 is 21.5 Å². The van der Waals surface area contributed by atoms with Crippen LogP contribution >= 0.6 is 0 Å². The first kappa shape index (κ1) is 15.6. The van der Waals surface area contributed by atoms with E-state index in [0.29, 0.717) is 12.2 Å². The van der Waals surface area contributed by atoms with Crippen molar-refractivity contribution in [2.75, 3.05) is 23.8 Å². The van der Waals surface area contributed by atoms with Crippen molar-refractivity contribution in [2.45, 2.75) is 38.1 Å². The van der Waals surface area contributed by atoms with E-state index in [1.165, 1.54) is 12.5 Å². The Hall–Kier alpha value is -1.82. The highest BCUT2D eigenvalue weighted by Crippen LogP contribution is 2.31. The van der Waals surface area contributed by atoms with E-state index in [1.807, 2.05) is 4.90 Å². The number of rotatable bonds is 5. The van der Waals surface area contributed by atoms with Crippen LogP contribution in [0.15, 0.2) is 12.1 Å². The fourth-order valence-electron chi connectivity index (χ4n) is 3.01. The van der Waals surface area contributed by atoms with Gasteiger partial charge in [0, 0.05) is 18.3 Å². The van der Waals surface area contributed by atoms with Crippen LogP contribution in [0.2, 0.25) is 0 Å². The molecule has 1 fully saturated rings. The molecule has 2 rings (SSSR count). The Morgan fingerprint density at radius 3 is 2.57 bits per heavy atom. The highest BCUT2D eigenvalue weighted by Gasteiger charge is 2.24. The van der Waals surface area contributed by atoms with Gasteiger partial charge in [-0.1, -0.05) is 19.3 Å². The van der Waals surface area contributed by atoms with E-state index >= 15 is 0 Å². The second-order valence-electron chi connectivity index (χ2n) is 5.46. The van der Waals surface area contributed by atoms with Gasteiger partial charge in [-0.2, -0.15) is 0 Å². The molecule has 1 saturated carbocycles. The van der Waals surface area contributed by atoms with E-state index < -0.39 is 11.7 Å². The van der Waals surface area contributed by atoms with Gasteiger partial charge in [-0.15, -0.1) is 0 Å². The largest absolute Gasteiger partial charge is 0.398 e. The van der Waals surface area contributed by atoms with Crippen molar-refractivity contribution >= 4 is 17.3 Å². The summed E-state index contributed by atoms with van der Waals surface area (Å²) >= 11 is 0. The maximum atomic E-state index is 14.3. The summed E-state index contributed by atoms with van der Waals surface area (Å²) in [7, 11) is 0. The van der Waals surface area contributed by atoms with Crippen LogP contribution in [-0.2, 0) is 0 Å². The first-order valence-electron chi connectivity index (χ1n) is 7.31. The summed E-state index contributed by atoms with van der Waals surface area (Å²) in [6, 6.07) is 2.70. The van der Waals surface area contributed by atoms with E-state index in [1.54, 1.807) is 0 Å². The highest BCUT2D eigenvalue weighted by atomic mass is 19.1. The lowest BCUT2D eigenvalue weighted by atomic mass is 9.93. The molecule has 0 bridgehead atoms. The monoisotopic (exact) mass is 295 g/mol. The number of anilines is 2. The van der Waals surface area contributed by atoms with Gasteiger partial charge in [0.1, 0.15) is 5.82 Å². The van der Waals surface area contributed by atoms with Crippen LogP contribution in [0.5, 0.6) is 0 Å². The van der Waals surface area contributed by atoms with Crippen LogP contribution in [0.25, 0.3) is 0 Å². The zero-order chi connectivity index (χ0) is 15.4. The van der Waals surface area contributed by atoms with Crippen LogP contribution in [0.3, 0.4) is 0 Å². The number of aliphatic hydroxyl groups excluding tert-OH is 1. The van der Waals surface area contributed by atoms with Crippen LogP contribution in [-0.4, -0.2) is 30.2 Å². The summed E-state index contributed by atoms with van der Waals surface area (Å²) in [4.78, 5) is 13.2. The number of hydrogen-bond acceptors (Lipinski definition) is 4. The van der Waals surface area contributed by atoms with Crippen molar-refractivity contribution in [1.82, 2.24) is 0 Å². The molecular formula is C15H22FN3O2. The summed E-state index contributed by atoms with van der Waals surface area (Å²) in [5.41, 5.74) is 11.4. The van der Waals surface area contributed by atoms with Gasteiger partial charge in [-0.3, -0.25) is 4.79 Å². The second-order valence-corrected chi connectivity index (χ2v) is 5.46. The summed E-state index contributed by atoms with van der Waals surface area (Å²) < 4.78 is 14.3. The van der Waals surface area contributed by atoms with Crippen molar-refractivity contribution in [3.63, 3.8) is 0 Å². The Balaban J connectivity index is 2.38. The standard InChI is InChI=1S/C15H22FN3O2/c16-12-9-13(17)11(15(18)21)8-14(12)19(6-7-20)10-4-2-1-3-5-10/h8-10,20H,1-7,17H2,(H2,18,21). The number of aliphatic hydroxyl groups is 1. The van der Waals surface area contributed by atoms with E-state index in [0.717, 1.165) is 31.7 Å². The van der Waals surface area contributed by atoms with E-state index in [4.69, 9.17) is 11.5 Å². The van der Waals surface area contributed by atoms with Gasteiger partial charge >= 0.3 is 0 Å². The normalized spacial score (nSPS) is 15.9. The topological polar surface area (TPSA) is 92.6 Å². The maximum Gasteiger partial charge on any atom is 0.250 e. The first-order valence-corrected chi connectivity index (χ1v) is 7.31. The Morgan fingerprint density at radius 1 is 1.33 bits per heavy atom. The van der Waals surface area contributed by atoms with E-state index in [2.05, 4.69) is 0 Å². The fourth-order valence-corrected chi connectivity index (χ4v) is 3.01. The molecule has 0 spiro atoms. The first-order chi connectivity index (χ1) is 10.0. The number of nitrogens with zero attached hydrogens (tertiary/aromatic N) is 1. The Labute approximate surface area is 123 Å². The van der Waals surface area contributed by atoms with Crippen LogP contribution in [0, 0.1) is 5.82 Å². The van der Waals surface area contributed by atoms with Crippen molar-refractivity contribution in [1.29, 1.82) is 0 Å². The van der Waals surface area contributed by atoms with Crippen molar-refractivity contribution < 1.29 is 14.3 Å². The van der Waals surface area contributed by atoms with Crippen LogP contribution in [0.4, 0.5) is 15.8 Å². The smallest absolute Gasteiger partial charge is 0.250 e. The summed E-state index contributed by atoms with van der Waals surface area (Å²) in [6.45, 7) is 0.246. The number of primary amides is 1. The molecule has 0 aliphatic heterocycles. The Bertz CT molecular complexity index is 516. The minimum absolute atomic E-state index is 0.0383. The lowest BCUT2D eigenvalue weighted by Crippen LogP contribution is -2.39. The number of amides is 1. The minimum Gasteiger partial charge on any atom is -0.398 e.